The Kier molecular flexibility index (Phi) is 3.93. The van der Waals surface area contributed by atoms with E-state index in [0.717, 1.165) is 49.2 Å². The van der Waals surface area contributed by atoms with Crippen molar-refractivity contribution in [3.8, 4) is 0 Å². The highest BCUT2D eigenvalue weighted by Gasteiger charge is 2.18. The molecule has 1 aliphatic heterocycles. The lowest BCUT2D eigenvalue weighted by Crippen LogP contribution is -2.46. The molecule has 1 aliphatic rings. The fraction of sp³-hybridized carbons (Fsp3) is 0.353. The highest BCUT2D eigenvalue weighted by molar-refractivity contribution is 7.18. The van der Waals surface area contributed by atoms with Crippen LogP contribution in [-0.4, -0.2) is 46.0 Å². The number of thiazole rings is 1. The average molecular weight is 325 g/mol. The monoisotopic (exact) mass is 325 g/mol. The fourth-order valence-corrected chi connectivity index (χ4v) is 3.81. The van der Waals surface area contributed by atoms with E-state index in [1.165, 1.54) is 10.3 Å². The molecule has 0 unspecified atom stereocenters. The number of fused-ring (bicyclic) bond motifs is 1. The normalized spacial score (nSPS) is 16.1. The van der Waals surface area contributed by atoms with E-state index in [1.54, 1.807) is 23.7 Å². The first-order chi connectivity index (χ1) is 11.3. The highest BCUT2D eigenvalue weighted by atomic mass is 32.1. The van der Waals surface area contributed by atoms with Gasteiger partial charge in [0.15, 0.2) is 0 Å². The molecule has 0 amide bonds. The largest absolute Gasteiger partial charge is 0.338 e. The maximum atomic E-state index is 4.59. The summed E-state index contributed by atoms with van der Waals surface area (Å²) in [7, 11) is 0. The van der Waals surface area contributed by atoms with E-state index in [2.05, 4.69) is 49.9 Å². The molecule has 4 rings (SSSR count). The van der Waals surface area contributed by atoms with Gasteiger partial charge in [0.25, 0.3) is 0 Å². The van der Waals surface area contributed by atoms with Crippen LogP contribution in [0, 0.1) is 6.92 Å². The van der Waals surface area contributed by atoms with E-state index in [9.17, 15) is 0 Å². The van der Waals surface area contributed by atoms with Crippen LogP contribution in [0.3, 0.4) is 0 Å². The van der Waals surface area contributed by atoms with Gasteiger partial charge in [-0.3, -0.25) is 4.90 Å². The summed E-state index contributed by atoms with van der Waals surface area (Å²) in [5.74, 6) is 0.839. The zero-order chi connectivity index (χ0) is 15.6. The quantitative estimate of drug-likeness (QED) is 0.741. The van der Waals surface area contributed by atoms with Crippen LogP contribution in [0.25, 0.3) is 10.2 Å². The van der Waals surface area contributed by atoms with Gasteiger partial charge in [-0.15, -0.1) is 11.3 Å². The molecule has 118 valence electrons. The Morgan fingerprint density at radius 3 is 2.65 bits per heavy atom. The van der Waals surface area contributed by atoms with Crippen LogP contribution >= 0.6 is 11.3 Å². The summed E-state index contributed by atoms with van der Waals surface area (Å²) in [4.78, 5) is 18.0. The summed E-state index contributed by atoms with van der Waals surface area (Å²) < 4.78 is 1.28. The van der Waals surface area contributed by atoms with Crippen molar-refractivity contribution in [2.24, 2.45) is 0 Å². The van der Waals surface area contributed by atoms with Gasteiger partial charge in [-0.2, -0.15) is 0 Å². The summed E-state index contributed by atoms with van der Waals surface area (Å²) >= 11 is 1.76. The Morgan fingerprint density at radius 2 is 1.87 bits per heavy atom. The SMILES string of the molecule is Cc1nc2cc(CN3CCN(c4ncccn4)CC3)ccc2s1. The minimum Gasteiger partial charge on any atom is -0.338 e. The van der Waals surface area contributed by atoms with E-state index in [4.69, 9.17) is 0 Å². The number of aromatic nitrogens is 3. The molecule has 1 saturated heterocycles. The van der Waals surface area contributed by atoms with Gasteiger partial charge in [0.05, 0.1) is 15.2 Å². The third-order valence-corrected chi connectivity index (χ3v) is 5.12. The Labute approximate surface area is 139 Å². The van der Waals surface area contributed by atoms with Gasteiger partial charge in [-0.25, -0.2) is 15.0 Å². The van der Waals surface area contributed by atoms with Crippen LogP contribution in [-0.2, 0) is 6.54 Å². The number of hydrogen-bond acceptors (Lipinski definition) is 6. The van der Waals surface area contributed by atoms with Gasteiger partial charge in [-0.1, -0.05) is 6.07 Å². The van der Waals surface area contributed by atoms with Crippen molar-refractivity contribution >= 4 is 27.5 Å². The molecule has 0 radical (unpaired) electrons. The summed E-state index contributed by atoms with van der Waals surface area (Å²) in [5, 5.41) is 1.13. The fourth-order valence-electron chi connectivity index (χ4n) is 3.01. The molecule has 0 N–H and O–H groups in total. The van der Waals surface area contributed by atoms with Crippen LogP contribution in [0.2, 0.25) is 0 Å². The summed E-state index contributed by atoms with van der Waals surface area (Å²) in [6, 6.07) is 8.51. The van der Waals surface area contributed by atoms with Gasteiger partial charge in [0, 0.05) is 45.1 Å². The molecule has 5 nitrogen and oxygen atoms in total. The smallest absolute Gasteiger partial charge is 0.225 e. The predicted molar refractivity (Wildman–Crippen MR) is 93.9 cm³/mol. The number of aryl methyl sites for hydroxylation is 1. The molecule has 2 aromatic heterocycles. The third-order valence-electron chi connectivity index (χ3n) is 4.17. The van der Waals surface area contributed by atoms with E-state index in [0.29, 0.717) is 0 Å². The van der Waals surface area contributed by atoms with E-state index >= 15 is 0 Å². The standard InChI is InChI=1S/C17H19N5S/c1-13-20-15-11-14(3-4-16(15)23-13)12-21-7-9-22(10-8-21)17-18-5-2-6-19-17/h2-6,11H,7-10,12H2,1H3. The minimum atomic E-state index is 0.839. The molecule has 1 aromatic carbocycles. The first kappa shape index (κ1) is 14.5. The molecular formula is C17H19N5S. The molecule has 0 bridgehead atoms. The first-order valence-corrected chi connectivity index (χ1v) is 8.70. The maximum Gasteiger partial charge on any atom is 0.225 e. The molecule has 0 aliphatic carbocycles. The van der Waals surface area contributed by atoms with Crippen LogP contribution in [0.5, 0.6) is 0 Å². The summed E-state index contributed by atoms with van der Waals surface area (Å²) in [6.45, 7) is 7.06. The Morgan fingerprint density at radius 1 is 1.09 bits per heavy atom. The number of anilines is 1. The summed E-state index contributed by atoms with van der Waals surface area (Å²) in [6.07, 6.45) is 3.61. The maximum absolute atomic E-state index is 4.59. The van der Waals surface area contributed by atoms with Gasteiger partial charge in [-0.05, 0) is 30.7 Å². The first-order valence-electron chi connectivity index (χ1n) is 7.88. The Balaban J connectivity index is 1.40. The lowest BCUT2D eigenvalue weighted by atomic mass is 10.2. The van der Waals surface area contributed by atoms with Gasteiger partial charge < -0.3 is 4.90 Å². The molecular weight excluding hydrogens is 306 g/mol. The molecule has 3 heterocycles. The lowest BCUT2D eigenvalue weighted by molar-refractivity contribution is 0.249. The van der Waals surface area contributed by atoms with E-state index < -0.39 is 0 Å². The van der Waals surface area contributed by atoms with Crippen molar-refractivity contribution in [2.45, 2.75) is 13.5 Å². The molecule has 6 heteroatoms. The minimum absolute atomic E-state index is 0.839. The van der Waals surface area contributed by atoms with Crippen molar-refractivity contribution in [1.82, 2.24) is 19.9 Å². The molecule has 0 spiro atoms. The molecule has 0 saturated carbocycles. The van der Waals surface area contributed by atoms with Gasteiger partial charge in [0.2, 0.25) is 5.95 Å². The highest BCUT2D eigenvalue weighted by Crippen LogP contribution is 2.23. The number of rotatable bonds is 3. The Bertz CT molecular complexity index is 793. The summed E-state index contributed by atoms with van der Waals surface area (Å²) in [5.41, 5.74) is 2.47. The third kappa shape index (κ3) is 3.18. The lowest BCUT2D eigenvalue weighted by Gasteiger charge is -2.34. The van der Waals surface area contributed by atoms with Gasteiger partial charge >= 0.3 is 0 Å². The second-order valence-corrected chi connectivity index (χ2v) is 7.08. The molecule has 3 aromatic rings. The molecule has 23 heavy (non-hydrogen) atoms. The molecule has 0 atom stereocenters. The van der Waals surface area contributed by atoms with Crippen LogP contribution < -0.4 is 4.90 Å². The van der Waals surface area contributed by atoms with Crippen molar-refractivity contribution in [3.63, 3.8) is 0 Å². The number of piperazine rings is 1. The predicted octanol–water partition coefficient (Wildman–Crippen LogP) is 2.72. The van der Waals surface area contributed by atoms with Crippen LogP contribution in [0.1, 0.15) is 10.6 Å². The van der Waals surface area contributed by atoms with E-state index in [-0.39, 0.29) is 0 Å². The zero-order valence-corrected chi connectivity index (χ0v) is 14.0. The second-order valence-electron chi connectivity index (χ2n) is 5.85. The number of benzene rings is 1. The van der Waals surface area contributed by atoms with Crippen molar-refractivity contribution in [2.75, 3.05) is 31.1 Å². The van der Waals surface area contributed by atoms with Crippen molar-refractivity contribution < 1.29 is 0 Å². The number of nitrogens with zero attached hydrogens (tertiary/aromatic N) is 5. The zero-order valence-electron chi connectivity index (χ0n) is 13.1. The van der Waals surface area contributed by atoms with Crippen LogP contribution in [0.4, 0.5) is 5.95 Å². The second kappa shape index (κ2) is 6.22. The average Bonchev–Trinajstić information content (AvgIpc) is 2.96. The molecule has 1 fully saturated rings. The van der Waals surface area contributed by atoms with E-state index in [1.807, 2.05) is 6.07 Å². The number of hydrogen-bond donors (Lipinski definition) is 0. The Hall–Kier alpha value is -2.05. The van der Waals surface area contributed by atoms with Crippen LogP contribution in [0.15, 0.2) is 36.7 Å². The van der Waals surface area contributed by atoms with Crippen molar-refractivity contribution in [1.29, 1.82) is 0 Å². The topological polar surface area (TPSA) is 45.2 Å². The van der Waals surface area contributed by atoms with Gasteiger partial charge in [0.1, 0.15) is 0 Å². The van der Waals surface area contributed by atoms with Crippen molar-refractivity contribution in [3.05, 3.63) is 47.2 Å².